The molecule has 1 amide bonds. The Morgan fingerprint density at radius 2 is 1.86 bits per heavy atom. The van der Waals surface area contributed by atoms with Crippen molar-refractivity contribution in [1.82, 2.24) is 0 Å². The summed E-state index contributed by atoms with van der Waals surface area (Å²) in [5, 5.41) is 12.9. The minimum absolute atomic E-state index is 0.0245. The fourth-order valence-corrected chi connectivity index (χ4v) is 4.97. The molecule has 0 fully saturated rings. The van der Waals surface area contributed by atoms with Gasteiger partial charge in [-0.15, -0.1) is 0 Å². The third-order valence-electron chi connectivity index (χ3n) is 4.07. The van der Waals surface area contributed by atoms with Gasteiger partial charge < -0.3 is 15.2 Å². The molecule has 1 aromatic heterocycles. The second-order valence-electron chi connectivity index (χ2n) is 6.29. The molecule has 0 atom stereocenters. The van der Waals surface area contributed by atoms with Crippen LogP contribution in [-0.4, -0.2) is 17.0 Å². The second kappa shape index (κ2) is 9.78. The highest BCUT2D eigenvalue weighted by Gasteiger charge is 2.15. The molecular weight excluding hydrogens is 426 g/mol. The monoisotopic (exact) mass is 445 g/mol. The molecule has 2 N–H and O–H groups in total. The van der Waals surface area contributed by atoms with Crippen LogP contribution in [0.4, 0.5) is 5.69 Å². The van der Waals surface area contributed by atoms with Crippen molar-refractivity contribution in [2.75, 3.05) is 5.32 Å². The minimum atomic E-state index is -0.676. The number of aromatic hydroxyl groups is 1. The zero-order chi connectivity index (χ0) is 20.8. The van der Waals surface area contributed by atoms with Crippen molar-refractivity contribution < 1.29 is 19.4 Å². The number of rotatable bonds is 7. The summed E-state index contributed by atoms with van der Waals surface area (Å²) in [6.07, 6.45) is 2.13. The number of anilines is 1. The molecule has 0 radical (unpaired) electrons. The van der Waals surface area contributed by atoms with Gasteiger partial charge in [0.25, 0.3) is 0 Å². The molecule has 0 bridgehead atoms. The van der Waals surface area contributed by atoms with E-state index in [-0.39, 0.29) is 17.2 Å². The number of amides is 1. The van der Waals surface area contributed by atoms with Gasteiger partial charge in [-0.2, -0.15) is 0 Å². The number of esters is 1. The Morgan fingerprint density at radius 3 is 2.48 bits per heavy atom. The van der Waals surface area contributed by atoms with Gasteiger partial charge >= 0.3 is 5.97 Å². The van der Waals surface area contributed by atoms with Crippen LogP contribution in [0.2, 0.25) is 0 Å². The van der Waals surface area contributed by atoms with Gasteiger partial charge in [-0.25, -0.2) is 4.79 Å². The van der Waals surface area contributed by atoms with E-state index in [2.05, 4.69) is 5.32 Å². The maximum atomic E-state index is 12.4. The summed E-state index contributed by atoms with van der Waals surface area (Å²) >= 11 is 5.15. The number of carbonyl (C=O) groups is 2. The Morgan fingerprint density at radius 1 is 1.10 bits per heavy atom. The number of phenolic OH excluding ortho intramolecular Hbond substituents is 1. The first-order chi connectivity index (χ1) is 14.0. The van der Waals surface area contributed by atoms with E-state index >= 15 is 0 Å². The Bertz CT molecular complexity index is 1070. The van der Waals surface area contributed by atoms with Crippen LogP contribution in [0, 0.1) is 3.82 Å². The van der Waals surface area contributed by atoms with Crippen LogP contribution >= 0.6 is 32.9 Å². The third kappa shape index (κ3) is 5.72. The number of benzene rings is 2. The number of nitrogens with one attached hydrogen (secondary N) is 1. The van der Waals surface area contributed by atoms with Crippen molar-refractivity contribution >= 4 is 50.5 Å². The molecule has 0 spiro atoms. The molecule has 29 heavy (non-hydrogen) atoms. The van der Waals surface area contributed by atoms with Crippen molar-refractivity contribution in [1.29, 1.82) is 0 Å². The summed E-state index contributed by atoms with van der Waals surface area (Å²) < 4.78 is 6.18. The minimum Gasteiger partial charge on any atom is -0.507 e. The fourth-order valence-electron chi connectivity index (χ4n) is 2.56. The summed E-state index contributed by atoms with van der Waals surface area (Å²) in [5.74, 6) is -0.687. The highest BCUT2D eigenvalue weighted by Crippen LogP contribution is 2.31. The smallest absolute Gasteiger partial charge is 0.347 e. The lowest BCUT2D eigenvalue weighted by Gasteiger charge is -2.09. The molecular formula is C21H19NO4S3. The highest BCUT2D eigenvalue weighted by molar-refractivity contribution is 7.80. The Hall–Kier alpha value is -2.55. The molecule has 8 heteroatoms. The van der Waals surface area contributed by atoms with E-state index < -0.39 is 5.97 Å². The number of unbranched alkanes of at least 4 members (excludes halogenated alkanes) is 1. The first-order valence-corrected chi connectivity index (χ1v) is 11.6. The maximum absolute atomic E-state index is 12.4. The Kier molecular flexibility index (Phi) is 7.13. The Labute approximate surface area is 181 Å². The number of hydrogen-bond acceptors (Lipinski definition) is 7. The van der Waals surface area contributed by atoms with Gasteiger partial charge in [-0.1, -0.05) is 46.2 Å². The molecule has 3 aromatic rings. The van der Waals surface area contributed by atoms with Gasteiger partial charge in [0, 0.05) is 23.1 Å². The lowest BCUT2D eigenvalue weighted by molar-refractivity contribution is -0.116. The normalized spacial score (nSPS) is 10.5. The van der Waals surface area contributed by atoms with Crippen LogP contribution in [-0.2, 0) is 4.79 Å². The van der Waals surface area contributed by atoms with Crippen LogP contribution in [0.5, 0.6) is 11.5 Å². The largest absolute Gasteiger partial charge is 0.507 e. The molecule has 1 heterocycles. The molecule has 0 aliphatic carbocycles. The molecule has 0 aliphatic rings. The van der Waals surface area contributed by atoms with Crippen molar-refractivity contribution in [3.05, 3.63) is 57.9 Å². The van der Waals surface area contributed by atoms with E-state index in [0.717, 1.165) is 27.1 Å². The van der Waals surface area contributed by atoms with E-state index in [1.165, 1.54) is 22.5 Å². The molecule has 0 saturated carbocycles. The summed E-state index contributed by atoms with van der Waals surface area (Å²) in [6.45, 7) is 2.01. The molecule has 0 saturated heterocycles. The number of hydrogen-bond donors (Lipinski definition) is 2. The van der Waals surface area contributed by atoms with E-state index in [0.29, 0.717) is 17.9 Å². The summed E-state index contributed by atoms with van der Waals surface area (Å²) in [6, 6.07) is 13.4. The molecule has 0 unspecified atom stereocenters. The number of carbonyl (C=O) groups excluding carboxylic acids is 2. The number of phenols is 1. The first kappa shape index (κ1) is 21.2. The van der Waals surface area contributed by atoms with Gasteiger partial charge in [-0.3, -0.25) is 4.79 Å². The van der Waals surface area contributed by atoms with Crippen molar-refractivity contribution in [3.63, 3.8) is 0 Å². The summed E-state index contributed by atoms with van der Waals surface area (Å²) in [7, 11) is 3.14. The fraction of sp³-hybridized carbons (Fsp3) is 0.190. The maximum Gasteiger partial charge on any atom is 0.347 e. The highest BCUT2D eigenvalue weighted by atomic mass is 32.9. The van der Waals surface area contributed by atoms with E-state index in [1.807, 2.05) is 25.1 Å². The quantitative estimate of drug-likeness (QED) is 0.194. The van der Waals surface area contributed by atoms with Crippen LogP contribution in [0.25, 0.3) is 10.4 Å². The van der Waals surface area contributed by atoms with Crippen LogP contribution in [0.3, 0.4) is 0 Å². The van der Waals surface area contributed by atoms with Crippen LogP contribution in [0.1, 0.15) is 36.5 Å². The topological polar surface area (TPSA) is 75.6 Å². The predicted molar refractivity (Wildman–Crippen MR) is 120 cm³/mol. The summed E-state index contributed by atoms with van der Waals surface area (Å²) in [4.78, 5) is 25.2. The molecule has 2 aromatic carbocycles. The standard InChI is InChI=1S/C21H19NO4S3/c1-2-3-4-19(24)22-14-7-10-16(17(23)11-14)21(25)26-15-8-5-13(6-9-15)18-12-20(27)29-28-18/h5-12,23H,2-4H2,1H3,(H,22,24). The zero-order valence-corrected chi connectivity index (χ0v) is 18.1. The summed E-state index contributed by atoms with van der Waals surface area (Å²) in [5.41, 5.74) is 1.45. The second-order valence-corrected chi connectivity index (χ2v) is 9.20. The predicted octanol–water partition coefficient (Wildman–Crippen LogP) is 6.26. The molecule has 3 rings (SSSR count). The van der Waals surface area contributed by atoms with Gasteiger partial charge in [0.2, 0.25) is 5.91 Å². The lowest BCUT2D eigenvalue weighted by Crippen LogP contribution is -2.12. The van der Waals surface area contributed by atoms with E-state index in [4.69, 9.17) is 17.0 Å². The van der Waals surface area contributed by atoms with Crippen molar-refractivity contribution in [3.8, 4) is 21.9 Å². The van der Waals surface area contributed by atoms with Crippen molar-refractivity contribution in [2.24, 2.45) is 0 Å². The Balaban J connectivity index is 1.65. The number of ether oxygens (including phenoxy) is 1. The zero-order valence-electron chi connectivity index (χ0n) is 15.6. The average molecular weight is 446 g/mol. The van der Waals surface area contributed by atoms with Gasteiger partial charge in [-0.05, 0) is 54.4 Å². The van der Waals surface area contributed by atoms with Gasteiger partial charge in [0.1, 0.15) is 20.9 Å². The van der Waals surface area contributed by atoms with Crippen LogP contribution < -0.4 is 10.1 Å². The van der Waals surface area contributed by atoms with Gasteiger partial charge in [0.15, 0.2) is 0 Å². The third-order valence-corrected chi connectivity index (χ3v) is 6.98. The van der Waals surface area contributed by atoms with Crippen molar-refractivity contribution in [2.45, 2.75) is 26.2 Å². The van der Waals surface area contributed by atoms with E-state index in [1.54, 1.807) is 28.5 Å². The van der Waals surface area contributed by atoms with Gasteiger partial charge in [0.05, 0.1) is 0 Å². The molecule has 0 aliphatic heterocycles. The first-order valence-electron chi connectivity index (χ1n) is 9.02. The molecule has 150 valence electrons. The SMILES string of the molecule is CCCCC(=O)Nc1ccc(C(=O)Oc2ccc(-c3cc(=S)ss3)cc2)c(O)c1. The van der Waals surface area contributed by atoms with Crippen LogP contribution in [0.15, 0.2) is 48.5 Å². The lowest BCUT2D eigenvalue weighted by atomic mass is 10.1. The molecule has 5 nitrogen and oxygen atoms in total. The van der Waals surface area contributed by atoms with E-state index in [9.17, 15) is 14.7 Å². The average Bonchev–Trinajstić information content (AvgIpc) is 3.13.